The lowest BCUT2D eigenvalue weighted by Gasteiger charge is -2.06. The van der Waals surface area contributed by atoms with E-state index in [1.807, 2.05) is 24.3 Å². The predicted octanol–water partition coefficient (Wildman–Crippen LogP) is 0.906. The topological polar surface area (TPSA) is 93.5 Å². The number of nitrogens with one attached hydrogen (secondary N) is 1. The summed E-state index contributed by atoms with van der Waals surface area (Å²) in [5.74, 6) is -0.610. The molecular weight excluding hydrogens is 274 g/mol. The van der Waals surface area contributed by atoms with E-state index in [1.54, 1.807) is 7.11 Å². The first-order chi connectivity index (χ1) is 10.1. The molecule has 0 fully saturated rings. The molecule has 0 saturated carbocycles. The van der Waals surface area contributed by atoms with Crippen LogP contribution < -0.4 is 10.1 Å². The lowest BCUT2D eigenvalue weighted by molar-refractivity contribution is -0.122. The number of amides is 1. The Morgan fingerprint density at radius 1 is 1.29 bits per heavy atom. The van der Waals surface area contributed by atoms with Crippen molar-refractivity contribution in [3.63, 3.8) is 0 Å². The third-order valence-electron chi connectivity index (χ3n) is 2.81. The van der Waals surface area contributed by atoms with Crippen molar-refractivity contribution in [3.8, 4) is 5.75 Å². The SMILES string of the molecule is COc1ccc(CNC(=O)Cn2ccc(C(=O)O)n2)cc1. The number of carboxylic acids is 1. The van der Waals surface area contributed by atoms with E-state index in [9.17, 15) is 9.59 Å². The number of nitrogens with zero attached hydrogens (tertiary/aromatic N) is 2. The molecule has 0 aliphatic heterocycles. The molecule has 110 valence electrons. The van der Waals surface area contributed by atoms with Gasteiger partial charge in [-0.25, -0.2) is 4.79 Å². The monoisotopic (exact) mass is 289 g/mol. The Morgan fingerprint density at radius 2 is 2.00 bits per heavy atom. The number of carbonyl (C=O) groups excluding carboxylic acids is 1. The van der Waals surface area contributed by atoms with Gasteiger partial charge in [0.25, 0.3) is 0 Å². The minimum Gasteiger partial charge on any atom is -0.497 e. The van der Waals surface area contributed by atoms with Crippen LogP contribution >= 0.6 is 0 Å². The lowest BCUT2D eigenvalue weighted by atomic mass is 10.2. The Hall–Kier alpha value is -2.83. The second-order valence-corrected chi connectivity index (χ2v) is 4.33. The van der Waals surface area contributed by atoms with Crippen molar-refractivity contribution < 1.29 is 19.4 Å². The normalized spacial score (nSPS) is 10.1. The van der Waals surface area contributed by atoms with Crippen molar-refractivity contribution >= 4 is 11.9 Å². The fourth-order valence-electron chi connectivity index (χ4n) is 1.71. The highest BCUT2D eigenvalue weighted by Gasteiger charge is 2.09. The van der Waals surface area contributed by atoms with Crippen molar-refractivity contribution in [1.29, 1.82) is 0 Å². The Kier molecular flexibility index (Phi) is 4.55. The van der Waals surface area contributed by atoms with E-state index in [0.717, 1.165) is 11.3 Å². The average Bonchev–Trinajstić information content (AvgIpc) is 2.94. The van der Waals surface area contributed by atoms with E-state index in [-0.39, 0.29) is 18.1 Å². The highest BCUT2D eigenvalue weighted by Crippen LogP contribution is 2.10. The Bertz CT molecular complexity index is 634. The van der Waals surface area contributed by atoms with E-state index < -0.39 is 5.97 Å². The molecule has 1 aromatic heterocycles. The maximum atomic E-state index is 11.7. The molecule has 0 radical (unpaired) electrons. The fourth-order valence-corrected chi connectivity index (χ4v) is 1.71. The van der Waals surface area contributed by atoms with Crippen LogP contribution in [-0.4, -0.2) is 33.9 Å². The number of rotatable bonds is 6. The van der Waals surface area contributed by atoms with Gasteiger partial charge >= 0.3 is 5.97 Å². The number of aromatic carboxylic acids is 1. The second-order valence-electron chi connectivity index (χ2n) is 4.33. The molecule has 1 aromatic carbocycles. The van der Waals surface area contributed by atoms with Gasteiger partial charge in [-0.15, -0.1) is 0 Å². The van der Waals surface area contributed by atoms with Gasteiger partial charge in [-0.05, 0) is 23.8 Å². The molecule has 21 heavy (non-hydrogen) atoms. The summed E-state index contributed by atoms with van der Waals surface area (Å²) in [6, 6.07) is 8.69. The molecule has 1 heterocycles. The third kappa shape index (κ3) is 4.07. The van der Waals surface area contributed by atoms with Crippen LogP contribution in [0, 0.1) is 0 Å². The second kappa shape index (κ2) is 6.56. The van der Waals surface area contributed by atoms with E-state index in [2.05, 4.69) is 10.4 Å². The minimum atomic E-state index is -1.12. The molecule has 7 nitrogen and oxygen atoms in total. The fraction of sp³-hybridized carbons (Fsp3) is 0.214. The van der Waals surface area contributed by atoms with E-state index in [0.29, 0.717) is 6.54 Å². The Balaban J connectivity index is 1.84. The van der Waals surface area contributed by atoms with Crippen molar-refractivity contribution in [3.05, 3.63) is 47.8 Å². The number of carboxylic acid groups (broad SMARTS) is 1. The number of aromatic nitrogens is 2. The highest BCUT2D eigenvalue weighted by atomic mass is 16.5. The summed E-state index contributed by atoms with van der Waals surface area (Å²) >= 11 is 0. The summed E-state index contributed by atoms with van der Waals surface area (Å²) in [7, 11) is 1.59. The zero-order valence-electron chi connectivity index (χ0n) is 11.4. The van der Waals surface area contributed by atoms with Crippen LogP contribution in [-0.2, 0) is 17.9 Å². The number of benzene rings is 1. The van der Waals surface area contributed by atoms with Gasteiger partial charge in [0.05, 0.1) is 7.11 Å². The number of ether oxygens (including phenoxy) is 1. The van der Waals surface area contributed by atoms with Crippen LogP contribution in [0.15, 0.2) is 36.5 Å². The largest absolute Gasteiger partial charge is 0.497 e. The summed E-state index contributed by atoms with van der Waals surface area (Å²) in [6.07, 6.45) is 1.45. The van der Waals surface area contributed by atoms with E-state index in [4.69, 9.17) is 9.84 Å². The number of hydrogen-bond donors (Lipinski definition) is 2. The van der Waals surface area contributed by atoms with Gasteiger partial charge in [-0.1, -0.05) is 12.1 Å². The standard InChI is InChI=1S/C14H15N3O4/c1-21-11-4-2-10(3-5-11)8-15-13(18)9-17-7-6-12(16-17)14(19)20/h2-7H,8-9H2,1H3,(H,15,18)(H,19,20). The molecule has 0 saturated heterocycles. The van der Waals surface area contributed by atoms with Crippen LogP contribution in [0.1, 0.15) is 16.1 Å². The number of methoxy groups -OCH3 is 1. The number of carbonyl (C=O) groups is 2. The van der Waals surface area contributed by atoms with E-state index in [1.165, 1.54) is 16.9 Å². The first kappa shape index (κ1) is 14.6. The molecular formula is C14H15N3O4. The average molecular weight is 289 g/mol. The van der Waals surface area contributed by atoms with Crippen LogP contribution in [0.4, 0.5) is 0 Å². The smallest absolute Gasteiger partial charge is 0.356 e. The molecule has 2 N–H and O–H groups in total. The zero-order valence-corrected chi connectivity index (χ0v) is 11.4. The summed E-state index contributed by atoms with van der Waals surface area (Å²) in [6.45, 7) is 0.360. The van der Waals surface area contributed by atoms with Gasteiger partial charge < -0.3 is 15.2 Å². The lowest BCUT2D eigenvalue weighted by Crippen LogP contribution is -2.27. The summed E-state index contributed by atoms with van der Waals surface area (Å²) in [5, 5.41) is 15.2. The van der Waals surface area contributed by atoms with Crippen LogP contribution in [0.25, 0.3) is 0 Å². The van der Waals surface area contributed by atoms with Gasteiger partial charge in [0.2, 0.25) is 5.91 Å². The van der Waals surface area contributed by atoms with Gasteiger partial charge in [-0.3, -0.25) is 9.48 Å². The van der Waals surface area contributed by atoms with Gasteiger partial charge in [0.1, 0.15) is 12.3 Å². The van der Waals surface area contributed by atoms with Crippen LogP contribution in [0.3, 0.4) is 0 Å². The van der Waals surface area contributed by atoms with E-state index >= 15 is 0 Å². The molecule has 7 heteroatoms. The zero-order chi connectivity index (χ0) is 15.2. The Morgan fingerprint density at radius 3 is 2.57 bits per heavy atom. The molecule has 2 aromatic rings. The summed E-state index contributed by atoms with van der Waals surface area (Å²) in [5.41, 5.74) is 0.855. The molecule has 0 aliphatic rings. The van der Waals surface area contributed by atoms with Gasteiger partial charge in [0.15, 0.2) is 5.69 Å². The predicted molar refractivity (Wildman–Crippen MR) is 74.0 cm³/mol. The molecule has 2 rings (SSSR count). The first-order valence-corrected chi connectivity index (χ1v) is 6.25. The molecule has 0 aliphatic carbocycles. The summed E-state index contributed by atoms with van der Waals surface area (Å²) < 4.78 is 6.33. The van der Waals surface area contributed by atoms with Crippen LogP contribution in [0.2, 0.25) is 0 Å². The first-order valence-electron chi connectivity index (χ1n) is 6.25. The van der Waals surface area contributed by atoms with Gasteiger partial charge in [0, 0.05) is 12.7 Å². The molecule has 0 bridgehead atoms. The van der Waals surface area contributed by atoms with Crippen molar-refractivity contribution in [2.45, 2.75) is 13.1 Å². The molecule has 0 spiro atoms. The Labute approximate surface area is 121 Å². The van der Waals surface area contributed by atoms with Crippen molar-refractivity contribution in [2.75, 3.05) is 7.11 Å². The maximum Gasteiger partial charge on any atom is 0.356 e. The molecule has 0 unspecified atom stereocenters. The molecule has 0 atom stereocenters. The quantitative estimate of drug-likeness (QED) is 0.824. The van der Waals surface area contributed by atoms with Crippen molar-refractivity contribution in [2.24, 2.45) is 0 Å². The minimum absolute atomic E-state index is 0.0244. The van der Waals surface area contributed by atoms with Crippen LogP contribution in [0.5, 0.6) is 5.75 Å². The highest BCUT2D eigenvalue weighted by molar-refractivity contribution is 5.85. The van der Waals surface area contributed by atoms with Crippen molar-refractivity contribution in [1.82, 2.24) is 15.1 Å². The number of hydrogen-bond acceptors (Lipinski definition) is 4. The maximum absolute atomic E-state index is 11.7. The summed E-state index contributed by atoms with van der Waals surface area (Å²) in [4.78, 5) is 22.4. The molecule has 1 amide bonds. The van der Waals surface area contributed by atoms with Gasteiger partial charge in [-0.2, -0.15) is 5.10 Å². The third-order valence-corrected chi connectivity index (χ3v) is 2.81.